The van der Waals surface area contributed by atoms with Crippen LogP contribution in [0, 0.1) is 0 Å². The van der Waals surface area contributed by atoms with Crippen molar-refractivity contribution in [2.45, 2.75) is 13.5 Å². The molecule has 0 amide bonds. The summed E-state index contributed by atoms with van der Waals surface area (Å²) in [4.78, 5) is 13.2. The largest absolute Gasteiger partial charge is 0.464 e. The molecule has 106 valence electrons. The summed E-state index contributed by atoms with van der Waals surface area (Å²) < 4.78 is 10.0. The van der Waals surface area contributed by atoms with Crippen LogP contribution < -0.4 is 0 Å². The van der Waals surface area contributed by atoms with E-state index in [4.69, 9.17) is 21.1 Å². The van der Waals surface area contributed by atoms with Crippen LogP contribution in [-0.4, -0.2) is 44.3 Å². The lowest BCUT2D eigenvalue weighted by Gasteiger charge is -2.16. The number of rotatable bonds is 8. The zero-order valence-electron chi connectivity index (χ0n) is 11.4. The molecule has 0 bridgehead atoms. The lowest BCUT2D eigenvalue weighted by atomic mass is 10.2. The number of carbonyl (C=O) groups excluding carboxylic acids is 1. The third kappa shape index (κ3) is 7.15. The second-order valence-corrected chi connectivity index (χ2v) is 4.66. The quantitative estimate of drug-likeness (QED) is 0.543. The summed E-state index contributed by atoms with van der Waals surface area (Å²) in [5.41, 5.74) is 1.19. The molecule has 0 unspecified atom stereocenters. The maximum absolute atomic E-state index is 11.0. The van der Waals surface area contributed by atoms with Crippen LogP contribution >= 0.6 is 11.6 Å². The number of esters is 1. The van der Waals surface area contributed by atoms with Gasteiger partial charge in [-0.15, -0.1) is 0 Å². The molecule has 0 N–H and O–H groups in total. The lowest BCUT2D eigenvalue weighted by Crippen LogP contribution is -2.24. The van der Waals surface area contributed by atoms with E-state index in [0.29, 0.717) is 13.2 Å². The van der Waals surface area contributed by atoms with Gasteiger partial charge in [-0.3, -0.25) is 4.90 Å². The van der Waals surface area contributed by atoms with Crippen LogP contribution in [0.3, 0.4) is 0 Å². The van der Waals surface area contributed by atoms with Gasteiger partial charge >= 0.3 is 5.97 Å². The molecule has 5 heteroatoms. The van der Waals surface area contributed by atoms with Crippen molar-refractivity contribution in [3.63, 3.8) is 0 Å². The molecule has 0 atom stereocenters. The second-order valence-electron chi connectivity index (χ2n) is 4.22. The van der Waals surface area contributed by atoms with Gasteiger partial charge < -0.3 is 9.47 Å². The highest BCUT2D eigenvalue weighted by Crippen LogP contribution is 2.10. The first-order valence-corrected chi connectivity index (χ1v) is 6.66. The summed E-state index contributed by atoms with van der Waals surface area (Å²) in [6, 6.07) is 7.75. The summed E-state index contributed by atoms with van der Waals surface area (Å²) in [5.74, 6) is -0.317. The van der Waals surface area contributed by atoms with E-state index in [0.717, 1.165) is 18.1 Å². The maximum atomic E-state index is 11.0. The van der Waals surface area contributed by atoms with E-state index in [1.807, 2.05) is 31.3 Å². The van der Waals surface area contributed by atoms with Gasteiger partial charge in [-0.05, 0) is 31.7 Å². The van der Waals surface area contributed by atoms with E-state index in [2.05, 4.69) is 4.90 Å². The highest BCUT2D eigenvalue weighted by Gasteiger charge is 2.03. The average Bonchev–Trinajstić information content (AvgIpc) is 2.38. The molecule has 0 heterocycles. The minimum atomic E-state index is -0.317. The van der Waals surface area contributed by atoms with Gasteiger partial charge in [0.25, 0.3) is 0 Å². The highest BCUT2D eigenvalue weighted by molar-refractivity contribution is 6.30. The number of hydrogen-bond donors (Lipinski definition) is 0. The van der Waals surface area contributed by atoms with Crippen LogP contribution in [0.2, 0.25) is 5.02 Å². The van der Waals surface area contributed by atoms with Crippen molar-refractivity contribution in [3.05, 3.63) is 34.9 Å². The second kappa shape index (κ2) is 8.91. The van der Waals surface area contributed by atoms with Crippen molar-refractivity contribution >= 4 is 17.6 Å². The van der Waals surface area contributed by atoms with Crippen molar-refractivity contribution in [2.75, 3.05) is 33.4 Å². The Kier molecular flexibility index (Phi) is 7.48. The van der Waals surface area contributed by atoms with Crippen LogP contribution in [0.1, 0.15) is 12.5 Å². The molecule has 0 spiro atoms. The van der Waals surface area contributed by atoms with E-state index in [9.17, 15) is 4.79 Å². The Bertz CT molecular complexity index is 381. The number of hydrogen-bond acceptors (Lipinski definition) is 4. The van der Waals surface area contributed by atoms with Crippen molar-refractivity contribution in [1.29, 1.82) is 0 Å². The third-order valence-electron chi connectivity index (χ3n) is 2.51. The molecule has 4 nitrogen and oxygen atoms in total. The first kappa shape index (κ1) is 16.0. The first-order valence-electron chi connectivity index (χ1n) is 6.28. The van der Waals surface area contributed by atoms with E-state index >= 15 is 0 Å². The standard InChI is InChI=1S/C14H20ClNO3/c1-3-19-14(17)11-18-9-8-16(2)10-12-4-6-13(15)7-5-12/h4-7H,3,8-11H2,1-2H3. The van der Waals surface area contributed by atoms with E-state index in [-0.39, 0.29) is 12.6 Å². The molecular weight excluding hydrogens is 266 g/mol. The SMILES string of the molecule is CCOC(=O)COCCN(C)Cc1ccc(Cl)cc1. The fraction of sp³-hybridized carbons (Fsp3) is 0.500. The highest BCUT2D eigenvalue weighted by atomic mass is 35.5. The minimum Gasteiger partial charge on any atom is -0.464 e. The molecule has 0 saturated heterocycles. The predicted molar refractivity (Wildman–Crippen MR) is 75.2 cm³/mol. The van der Waals surface area contributed by atoms with Crippen molar-refractivity contribution in [1.82, 2.24) is 4.90 Å². The lowest BCUT2D eigenvalue weighted by molar-refractivity contribution is -0.148. The first-order chi connectivity index (χ1) is 9.11. The zero-order chi connectivity index (χ0) is 14.1. The van der Waals surface area contributed by atoms with Gasteiger partial charge in [0, 0.05) is 18.1 Å². The van der Waals surface area contributed by atoms with E-state index in [1.165, 1.54) is 5.56 Å². The molecule has 1 rings (SSSR count). The number of ether oxygens (including phenoxy) is 2. The van der Waals surface area contributed by atoms with Crippen LogP contribution in [-0.2, 0) is 20.8 Å². The molecular formula is C14H20ClNO3. The summed E-state index contributed by atoms with van der Waals surface area (Å²) in [5, 5.41) is 0.740. The number of benzene rings is 1. The Balaban J connectivity index is 2.16. The summed E-state index contributed by atoms with van der Waals surface area (Å²) in [7, 11) is 2.00. The molecule has 0 aliphatic carbocycles. The molecule has 0 aliphatic heterocycles. The van der Waals surface area contributed by atoms with Gasteiger partial charge in [0.05, 0.1) is 13.2 Å². The minimum absolute atomic E-state index is 0.0165. The predicted octanol–water partition coefficient (Wildman–Crippen LogP) is 2.35. The topological polar surface area (TPSA) is 38.8 Å². The fourth-order valence-electron chi connectivity index (χ4n) is 1.56. The molecule has 0 radical (unpaired) electrons. The molecule has 0 aromatic heterocycles. The molecule has 0 saturated carbocycles. The average molecular weight is 286 g/mol. The molecule has 0 aliphatic rings. The van der Waals surface area contributed by atoms with Crippen LogP contribution in [0.4, 0.5) is 0 Å². The van der Waals surface area contributed by atoms with Gasteiger partial charge in [-0.25, -0.2) is 4.79 Å². The maximum Gasteiger partial charge on any atom is 0.332 e. The van der Waals surface area contributed by atoms with E-state index < -0.39 is 0 Å². The number of nitrogens with zero attached hydrogens (tertiary/aromatic N) is 1. The third-order valence-corrected chi connectivity index (χ3v) is 2.76. The Morgan fingerprint density at radius 2 is 2.00 bits per heavy atom. The van der Waals surface area contributed by atoms with Crippen molar-refractivity contribution in [3.8, 4) is 0 Å². The number of halogens is 1. The fourth-order valence-corrected chi connectivity index (χ4v) is 1.69. The van der Waals surface area contributed by atoms with Gasteiger partial charge in [-0.2, -0.15) is 0 Å². The normalized spacial score (nSPS) is 10.7. The molecule has 1 aromatic carbocycles. The molecule has 1 aromatic rings. The van der Waals surface area contributed by atoms with Gasteiger partial charge in [0.1, 0.15) is 6.61 Å². The molecule has 0 fully saturated rings. The van der Waals surface area contributed by atoms with Gasteiger partial charge in [0.2, 0.25) is 0 Å². The van der Waals surface area contributed by atoms with Crippen LogP contribution in [0.5, 0.6) is 0 Å². The molecule has 19 heavy (non-hydrogen) atoms. The Hall–Kier alpha value is -1.10. The van der Waals surface area contributed by atoms with E-state index in [1.54, 1.807) is 6.92 Å². The van der Waals surface area contributed by atoms with Gasteiger partial charge in [0.15, 0.2) is 0 Å². The smallest absolute Gasteiger partial charge is 0.332 e. The van der Waals surface area contributed by atoms with Crippen LogP contribution in [0.15, 0.2) is 24.3 Å². The number of carbonyl (C=O) groups is 1. The van der Waals surface area contributed by atoms with Crippen LogP contribution in [0.25, 0.3) is 0 Å². The monoisotopic (exact) mass is 285 g/mol. The summed E-state index contributed by atoms with van der Waals surface area (Å²) >= 11 is 5.83. The summed E-state index contributed by atoms with van der Waals surface area (Å²) in [6.07, 6.45) is 0. The van der Waals surface area contributed by atoms with Gasteiger partial charge in [-0.1, -0.05) is 23.7 Å². The van der Waals surface area contributed by atoms with Crippen molar-refractivity contribution in [2.24, 2.45) is 0 Å². The van der Waals surface area contributed by atoms with Crippen molar-refractivity contribution < 1.29 is 14.3 Å². The number of likely N-dealkylation sites (N-methyl/N-ethyl adjacent to an activating group) is 1. The Morgan fingerprint density at radius 1 is 1.32 bits per heavy atom. The Labute approximate surface area is 119 Å². The Morgan fingerprint density at radius 3 is 2.63 bits per heavy atom. The summed E-state index contributed by atoms with van der Waals surface area (Å²) in [6.45, 7) is 4.25. The zero-order valence-corrected chi connectivity index (χ0v) is 12.2.